The van der Waals surface area contributed by atoms with Gasteiger partial charge in [-0.1, -0.05) is 12.1 Å². The van der Waals surface area contributed by atoms with Gasteiger partial charge in [-0.2, -0.15) is 10.4 Å². The number of nitrogens with zero attached hydrogens (tertiary/aromatic N) is 3. The van der Waals surface area contributed by atoms with Gasteiger partial charge in [0.25, 0.3) is 0 Å². The summed E-state index contributed by atoms with van der Waals surface area (Å²) in [5.41, 5.74) is 5.91. The van der Waals surface area contributed by atoms with E-state index in [0.717, 1.165) is 11.3 Å². The number of aromatic carboxylic acids is 1. The van der Waals surface area contributed by atoms with Gasteiger partial charge in [0.2, 0.25) is 0 Å². The van der Waals surface area contributed by atoms with Gasteiger partial charge in [0.05, 0.1) is 17.9 Å². The highest BCUT2D eigenvalue weighted by atomic mass is 16.4. The molecule has 6 nitrogen and oxygen atoms in total. The second-order valence-electron chi connectivity index (χ2n) is 4.48. The number of hydrogen-bond donors (Lipinski definition) is 1. The summed E-state index contributed by atoms with van der Waals surface area (Å²) in [6.07, 6.45) is 1.61. The molecule has 0 radical (unpaired) electrons. The standard InChI is InChI=1S/C15H14N4O2/c1-10-12(7-14(8-16)19(10)2)9-17-18-13-5-3-11(4-6-13)15(20)21/h3-7,9,18H,1-2H3,(H,20,21)/p-1/b17-9-. The second-order valence-corrected chi connectivity index (χ2v) is 4.48. The van der Waals surface area contributed by atoms with Crippen molar-refractivity contribution in [2.45, 2.75) is 6.92 Å². The van der Waals surface area contributed by atoms with Crippen LogP contribution in [-0.2, 0) is 7.05 Å². The quantitative estimate of drug-likeness (QED) is 0.668. The van der Waals surface area contributed by atoms with Crippen molar-refractivity contribution in [3.05, 3.63) is 52.8 Å². The van der Waals surface area contributed by atoms with Crippen molar-refractivity contribution in [2.75, 3.05) is 5.43 Å². The van der Waals surface area contributed by atoms with Crippen LogP contribution in [0, 0.1) is 18.3 Å². The molecule has 21 heavy (non-hydrogen) atoms. The van der Waals surface area contributed by atoms with E-state index < -0.39 is 5.97 Å². The van der Waals surface area contributed by atoms with E-state index in [1.54, 1.807) is 29.0 Å². The van der Waals surface area contributed by atoms with E-state index in [1.807, 2.05) is 14.0 Å². The van der Waals surface area contributed by atoms with Crippen LogP contribution in [-0.4, -0.2) is 16.8 Å². The lowest BCUT2D eigenvalue weighted by Gasteiger charge is -2.04. The number of benzene rings is 1. The zero-order chi connectivity index (χ0) is 15.4. The van der Waals surface area contributed by atoms with Crippen LogP contribution in [0.5, 0.6) is 0 Å². The molecule has 0 atom stereocenters. The van der Waals surface area contributed by atoms with Gasteiger partial charge >= 0.3 is 0 Å². The summed E-state index contributed by atoms with van der Waals surface area (Å²) < 4.78 is 1.79. The predicted octanol–water partition coefficient (Wildman–Crippen LogP) is 1.01. The molecule has 6 heteroatoms. The molecule has 1 N–H and O–H groups in total. The number of carbonyl (C=O) groups is 1. The summed E-state index contributed by atoms with van der Waals surface area (Å²) in [6, 6.07) is 9.93. The first-order valence-corrected chi connectivity index (χ1v) is 6.20. The van der Waals surface area contributed by atoms with Crippen molar-refractivity contribution in [1.29, 1.82) is 5.26 Å². The first kappa shape index (κ1) is 14.3. The molecule has 0 bridgehead atoms. The van der Waals surface area contributed by atoms with E-state index >= 15 is 0 Å². The minimum absolute atomic E-state index is 0.113. The van der Waals surface area contributed by atoms with Crippen LogP contribution >= 0.6 is 0 Å². The van der Waals surface area contributed by atoms with Crippen LogP contribution in [0.1, 0.15) is 27.3 Å². The predicted molar refractivity (Wildman–Crippen MR) is 76.9 cm³/mol. The number of anilines is 1. The van der Waals surface area contributed by atoms with Crippen molar-refractivity contribution in [3.8, 4) is 6.07 Å². The van der Waals surface area contributed by atoms with Crippen molar-refractivity contribution < 1.29 is 9.90 Å². The Hall–Kier alpha value is -3.07. The third-order valence-corrected chi connectivity index (χ3v) is 3.21. The largest absolute Gasteiger partial charge is 0.545 e. The highest BCUT2D eigenvalue weighted by molar-refractivity contribution is 5.86. The SMILES string of the molecule is Cc1c(/C=N\Nc2ccc(C(=O)[O-])cc2)cc(C#N)n1C. The molecule has 0 fully saturated rings. The number of nitrogens with one attached hydrogen (secondary N) is 1. The summed E-state index contributed by atoms with van der Waals surface area (Å²) in [5, 5.41) is 23.6. The summed E-state index contributed by atoms with van der Waals surface area (Å²) in [5.74, 6) is -1.21. The molecule has 0 saturated carbocycles. The number of rotatable bonds is 4. The molecule has 1 heterocycles. The third kappa shape index (κ3) is 3.09. The van der Waals surface area contributed by atoms with E-state index in [2.05, 4.69) is 16.6 Å². The molecule has 2 rings (SSSR count). The maximum Gasteiger partial charge on any atom is 0.120 e. The number of hydrogen-bond acceptors (Lipinski definition) is 5. The molecule has 0 amide bonds. The molecule has 2 aromatic rings. The van der Waals surface area contributed by atoms with Crippen molar-refractivity contribution in [1.82, 2.24) is 4.57 Å². The lowest BCUT2D eigenvalue weighted by molar-refractivity contribution is -0.255. The average Bonchev–Trinajstić information content (AvgIpc) is 2.75. The Morgan fingerprint density at radius 3 is 2.62 bits per heavy atom. The van der Waals surface area contributed by atoms with E-state index in [0.29, 0.717) is 11.4 Å². The van der Waals surface area contributed by atoms with Gasteiger partial charge in [-0.05, 0) is 30.7 Å². The molecule has 1 aromatic heterocycles. The molecular weight excluding hydrogens is 268 g/mol. The maximum atomic E-state index is 10.6. The number of nitriles is 1. The molecule has 0 spiro atoms. The number of carbonyl (C=O) groups excluding carboxylic acids is 1. The molecule has 0 aliphatic rings. The zero-order valence-corrected chi connectivity index (χ0v) is 11.6. The van der Waals surface area contributed by atoms with E-state index in [1.165, 1.54) is 12.1 Å². The molecule has 106 valence electrons. The second kappa shape index (κ2) is 5.92. The Morgan fingerprint density at radius 1 is 1.43 bits per heavy atom. The van der Waals surface area contributed by atoms with Gasteiger partial charge in [-0.15, -0.1) is 0 Å². The first-order chi connectivity index (χ1) is 10.0. The first-order valence-electron chi connectivity index (χ1n) is 6.20. The summed E-state index contributed by atoms with van der Waals surface area (Å²) in [6.45, 7) is 1.90. The van der Waals surface area contributed by atoms with Crippen LogP contribution < -0.4 is 10.5 Å². The maximum absolute atomic E-state index is 10.6. The Labute approximate surface area is 121 Å². The van der Waals surface area contributed by atoms with Gasteiger partial charge in [-0.3, -0.25) is 5.43 Å². The van der Waals surface area contributed by atoms with Gasteiger partial charge in [0.15, 0.2) is 0 Å². The molecule has 0 aliphatic heterocycles. The summed E-state index contributed by atoms with van der Waals surface area (Å²) >= 11 is 0. The Bertz CT molecular complexity index is 736. The lowest BCUT2D eigenvalue weighted by Crippen LogP contribution is -2.21. The highest BCUT2D eigenvalue weighted by Crippen LogP contribution is 2.12. The van der Waals surface area contributed by atoms with Crippen LogP contribution in [0.15, 0.2) is 35.4 Å². The molecule has 1 aromatic carbocycles. The normalized spacial score (nSPS) is 10.5. The smallest absolute Gasteiger partial charge is 0.120 e. The van der Waals surface area contributed by atoms with Gasteiger partial charge in [0, 0.05) is 18.3 Å². The Kier molecular flexibility index (Phi) is 4.05. The molecule has 0 saturated heterocycles. The number of hydrazone groups is 1. The number of carboxylic acid groups (broad SMARTS) is 1. The topological polar surface area (TPSA) is 93.2 Å². The monoisotopic (exact) mass is 281 g/mol. The van der Waals surface area contributed by atoms with Gasteiger partial charge < -0.3 is 14.5 Å². The van der Waals surface area contributed by atoms with E-state index in [9.17, 15) is 9.90 Å². The van der Waals surface area contributed by atoms with Crippen LogP contribution in [0.2, 0.25) is 0 Å². The van der Waals surface area contributed by atoms with E-state index in [-0.39, 0.29) is 5.56 Å². The number of carboxylic acids is 1. The van der Waals surface area contributed by atoms with E-state index in [4.69, 9.17) is 5.26 Å². The van der Waals surface area contributed by atoms with Crippen LogP contribution in [0.4, 0.5) is 5.69 Å². The third-order valence-electron chi connectivity index (χ3n) is 3.21. The highest BCUT2D eigenvalue weighted by Gasteiger charge is 2.06. The van der Waals surface area contributed by atoms with Crippen LogP contribution in [0.25, 0.3) is 0 Å². The lowest BCUT2D eigenvalue weighted by atomic mass is 10.2. The minimum Gasteiger partial charge on any atom is -0.545 e. The van der Waals surface area contributed by atoms with Gasteiger partial charge in [-0.25, -0.2) is 0 Å². The fourth-order valence-corrected chi connectivity index (χ4v) is 1.82. The zero-order valence-electron chi connectivity index (χ0n) is 11.6. The summed E-state index contributed by atoms with van der Waals surface area (Å²) in [7, 11) is 1.82. The molecular formula is C15H13N4O2-. The fourth-order valence-electron chi connectivity index (χ4n) is 1.82. The summed E-state index contributed by atoms with van der Waals surface area (Å²) in [4.78, 5) is 10.6. The number of aromatic nitrogens is 1. The van der Waals surface area contributed by atoms with Crippen molar-refractivity contribution >= 4 is 17.9 Å². The van der Waals surface area contributed by atoms with Crippen molar-refractivity contribution in [3.63, 3.8) is 0 Å². The van der Waals surface area contributed by atoms with Crippen molar-refractivity contribution in [2.24, 2.45) is 12.1 Å². The molecule has 0 unspecified atom stereocenters. The average molecular weight is 281 g/mol. The van der Waals surface area contributed by atoms with Gasteiger partial charge in [0.1, 0.15) is 11.8 Å². The Morgan fingerprint density at radius 2 is 2.10 bits per heavy atom. The molecule has 0 aliphatic carbocycles. The van der Waals surface area contributed by atoms with Crippen LogP contribution in [0.3, 0.4) is 0 Å². The Balaban J connectivity index is 2.09. The fraction of sp³-hybridized carbons (Fsp3) is 0.133. The minimum atomic E-state index is -1.21.